The molecule has 0 fully saturated rings. The van der Waals surface area contributed by atoms with E-state index in [1.807, 2.05) is 48.5 Å². The van der Waals surface area contributed by atoms with Crippen LogP contribution in [0.5, 0.6) is 0 Å². The molecule has 3 heteroatoms. The number of carbonyl (C=O) groups excluding carboxylic acids is 1. The summed E-state index contributed by atoms with van der Waals surface area (Å²) in [4.78, 5) is 12.1. The molecule has 0 radical (unpaired) electrons. The minimum atomic E-state index is -1.52. The first-order chi connectivity index (χ1) is 11.0. The van der Waals surface area contributed by atoms with Crippen LogP contribution >= 0.6 is 0 Å². The third kappa shape index (κ3) is 5.61. The Kier molecular flexibility index (Phi) is 5.56. The molecule has 0 aliphatic carbocycles. The molecule has 2 aromatic rings. The molecule has 0 unspecified atom stereocenters. The van der Waals surface area contributed by atoms with Gasteiger partial charge >= 0.3 is 5.97 Å². The summed E-state index contributed by atoms with van der Waals surface area (Å²) in [6.07, 6.45) is 1.46. The average molecular weight is 320 g/mol. The third-order valence-corrected chi connectivity index (χ3v) is 3.83. The van der Waals surface area contributed by atoms with E-state index in [-0.39, 0.29) is 5.97 Å². The molecular weight excluding hydrogens is 300 g/mol. The van der Waals surface area contributed by atoms with Crippen LogP contribution < -0.4 is 0 Å². The molecule has 0 atom stereocenters. The van der Waals surface area contributed by atoms with E-state index in [0.717, 1.165) is 11.1 Å². The second kappa shape index (κ2) is 7.62. The molecule has 0 saturated carbocycles. The minimum Gasteiger partial charge on any atom is -0.430 e. The van der Waals surface area contributed by atoms with Crippen molar-refractivity contribution in [3.05, 3.63) is 78.1 Å². The van der Waals surface area contributed by atoms with E-state index in [0.29, 0.717) is 5.56 Å². The molecule has 2 rings (SSSR count). The van der Waals surface area contributed by atoms with Gasteiger partial charge in [-0.15, -0.1) is 5.54 Å². The molecule has 0 saturated heterocycles. The highest BCUT2D eigenvalue weighted by Crippen LogP contribution is 2.14. The van der Waals surface area contributed by atoms with Crippen LogP contribution in [0.25, 0.3) is 5.57 Å². The van der Waals surface area contributed by atoms with E-state index in [2.05, 4.69) is 31.1 Å². The summed E-state index contributed by atoms with van der Waals surface area (Å²) in [6.45, 7) is 6.54. The molecule has 0 aliphatic heterocycles. The Hall–Kier alpha value is -2.57. The summed E-state index contributed by atoms with van der Waals surface area (Å²) in [5, 5.41) is 0. The first kappa shape index (κ1) is 16.8. The molecule has 0 heterocycles. The quantitative estimate of drug-likeness (QED) is 0.352. The normalized spacial score (nSPS) is 11.3. The lowest BCUT2D eigenvalue weighted by Crippen LogP contribution is -2.16. The van der Waals surface area contributed by atoms with Gasteiger partial charge in [0.25, 0.3) is 0 Å². The highest BCUT2D eigenvalue weighted by atomic mass is 28.3. The zero-order valence-electron chi connectivity index (χ0n) is 13.7. The van der Waals surface area contributed by atoms with Gasteiger partial charge in [-0.1, -0.05) is 74.1 Å². The Bertz CT molecular complexity index is 745. The molecular formula is C20H20O2Si. The van der Waals surface area contributed by atoms with Crippen molar-refractivity contribution < 1.29 is 9.53 Å². The second-order valence-electron chi connectivity index (χ2n) is 6.17. The average Bonchev–Trinajstić information content (AvgIpc) is 2.55. The summed E-state index contributed by atoms with van der Waals surface area (Å²) >= 11 is 0. The van der Waals surface area contributed by atoms with Crippen molar-refractivity contribution >= 4 is 19.6 Å². The summed E-state index contributed by atoms with van der Waals surface area (Å²) in [6, 6.07) is 18.7. The molecule has 0 aliphatic rings. The van der Waals surface area contributed by atoms with Crippen LogP contribution in [-0.2, 0) is 4.74 Å². The third-order valence-electron chi connectivity index (χ3n) is 2.95. The van der Waals surface area contributed by atoms with Gasteiger partial charge in [-0.2, -0.15) is 0 Å². The molecule has 0 bridgehead atoms. The standard InChI is InChI=1S/C20H20O2Si/c1-23(2,3)15-14-19(17-10-6-4-7-11-17)16-22-20(21)18-12-8-5-9-13-18/h4-13,16H,1-3H3/b19-16-. The molecule has 0 spiro atoms. The van der Waals surface area contributed by atoms with Crippen LogP contribution in [0.4, 0.5) is 0 Å². The number of allylic oxidation sites excluding steroid dienone is 1. The largest absolute Gasteiger partial charge is 0.430 e. The maximum Gasteiger partial charge on any atom is 0.342 e. The summed E-state index contributed by atoms with van der Waals surface area (Å²) < 4.78 is 5.32. The van der Waals surface area contributed by atoms with Crippen molar-refractivity contribution in [3.8, 4) is 11.5 Å². The van der Waals surface area contributed by atoms with Gasteiger partial charge in [-0.3, -0.25) is 0 Å². The number of hydrogen-bond acceptors (Lipinski definition) is 2. The SMILES string of the molecule is C[Si](C)(C)C#C/C(=C/OC(=O)c1ccccc1)c1ccccc1. The Morgan fingerprint density at radius 3 is 1.96 bits per heavy atom. The predicted molar refractivity (Wildman–Crippen MR) is 97.4 cm³/mol. The maximum absolute atomic E-state index is 12.1. The Labute approximate surface area is 138 Å². The Morgan fingerprint density at radius 1 is 0.913 bits per heavy atom. The zero-order valence-corrected chi connectivity index (χ0v) is 14.7. The topological polar surface area (TPSA) is 26.3 Å². The lowest BCUT2D eigenvalue weighted by molar-refractivity contribution is 0.0664. The number of hydrogen-bond donors (Lipinski definition) is 0. The van der Waals surface area contributed by atoms with Crippen molar-refractivity contribution in [3.63, 3.8) is 0 Å². The highest BCUT2D eigenvalue weighted by Gasteiger charge is 2.09. The molecule has 2 nitrogen and oxygen atoms in total. The zero-order chi connectivity index (χ0) is 16.7. The van der Waals surface area contributed by atoms with Gasteiger partial charge in [-0.05, 0) is 17.7 Å². The molecule has 2 aromatic carbocycles. The van der Waals surface area contributed by atoms with Crippen LogP contribution in [0.2, 0.25) is 19.6 Å². The fourth-order valence-corrected chi connectivity index (χ4v) is 2.31. The van der Waals surface area contributed by atoms with Crippen molar-refractivity contribution in [1.29, 1.82) is 0 Å². The fraction of sp³-hybridized carbons (Fsp3) is 0.150. The number of rotatable bonds is 3. The first-order valence-corrected chi connectivity index (χ1v) is 11.0. The van der Waals surface area contributed by atoms with Gasteiger partial charge < -0.3 is 4.74 Å². The summed E-state index contributed by atoms with van der Waals surface area (Å²) in [7, 11) is -1.52. The van der Waals surface area contributed by atoms with Crippen molar-refractivity contribution in [2.75, 3.05) is 0 Å². The van der Waals surface area contributed by atoms with Crippen LogP contribution in [0.1, 0.15) is 15.9 Å². The molecule has 0 amide bonds. The van der Waals surface area contributed by atoms with Gasteiger partial charge in [0, 0.05) is 0 Å². The van der Waals surface area contributed by atoms with Gasteiger partial charge in [0.05, 0.1) is 11.1 Å². The molecule has 0 N–H and O–H groups in total. The Balaban J connectivity index is 2.26. The maximum atomic E-state index is 12.1. The number of carbonyl (C=O) groups is 1. The van der Waals surface area contributed by atoms with Crippen LogP contribution in [-0.4, -0.2) is 14.0 Å². The Morgan fingerprint density at radius 2 is 1.43 bits per heavy atom. The fourth-order valence-electron chi connectivity index (χ4n) is 1.80. The van der Waals surface area contributed by atoms with Gasteiger partial charge in [0.15, 0.2) is 0 Å². The van der Waals surface area contributed by atoms with E-state index >= 15 is 0 Å². The van der Waals surface area contributed by atoms with E-state index < -0.39 is 8.07 Å². The smallest absolute Gasteiger partial charge is 0.342 e. The lowest BCUT2D eigenvalue weighted by atomic mass is 10.1. The van der Waals surface area contributed by atoms with Crippen molar-refractivity contribution in [2.24, 2.45) is 0 Å². The molecule has 0 aromatic heterocycles. The van der Waals surface area contributed by atoms with Crippen LogP contribution in [0.3, 0.4) is 0 Å². The van der Waals surface area contributed by atoms with E-state index in [4.69, 9.17) is 4.74 Å². The van der Waals surface area contributed by atoms with Crippen LogP contribution in [0.15, 0.2) is 66.9 Å². The van der Waals surface area contributed by atoms with Gasteiger partial charge in [0.1, 0.15) is 14.3 Å². The minimum absolute atomic E-state index is 0.381. The van der Waals surface area contributed by atoms with Crippen LogP contribution in [0, 0.1) is 11.5 Å². The monoisotopic (exact) mass is 320 g/mol. The van der Waals surface area contributed by atoms with E-state index in [1.54, 1.807) is 12.1 Å². The second-order valence-corrected chi connectivity index (χ2v) is 10.9. The van der Waals surface area contributed by atoms with Crippen molar-refractivity contribution in [1.82, 2.24) is 0 Å². The first-order valence-electron chi connectivity index (χ1n) is 7.50. The predicted octanol–water partition coefficient (Wildman–Crippen LogP) is 4.77. The van der Waals surface area contributed by atoms with Gasteiger partial charge in [-0.25, -0.2) is 4.79 Å². The number of benzene rings is 2. The van der Waals surface area contributed by atoms with E-state index in [1.165, 1.54) is 6.26 Å². The highest BCUT2D eigenvalue weighted by molar-refractivity contribution is 6.84. The van der Waals surface area contributed by atoms with E-state index in [9.17, 15) is 4.79 Å². The van der Waals surface area contributed by atoms with Crippen molar-refractivity contribution in [2.45, 2.75) is 19.6 Å². The number of ether oxygens (including phenoxy) is 1. The molecule has 23 heavy (non-hydrogen) atoms. The number of esters is 1. The molecule has 116 valence electrons. The lowest BCUT2D eigenvalue weighted by Gasteiger charge is -2.06. The van der Waals surface area contributed by atoms with Gasteiger partial charge in [0.2, 0.25) is 0 Å². The summed E-state index contributed by atoms with van der Waals surface area (Å²) in [5.41, 5.74) is 5.50. The summed E-state index contributed by atoms with van der Waals surface area (Å²) in [5.74, 6) is 2.80.